The number of carbonyl (C=O) groups excluding carboxylic acids is 1. The van der Waals surface area contributed by atoms with Gasteiger partial charge in [-0.15, -0.1) is 5.10 Å². The first-order valence-electron chi connectivity index (χ1n) is 9.08. The molecule has 6 nitrogen and oxygen atoms in total. The summed E-state index contributed by atoms with van der Waals surface area (Å²) in [7, 11) is 0. The Hall–Kier alpha value is -3.51. The Kier molecular flexibility index (Phi) is 5.35. The Balaban J connectivity index is 1.68. The number of aromatic nitrogens is 4. The lowest BCUT2D eigenvalue weighted by Gasteiger charge is -2.07. The second-order valence-corrected chi connectivity index (χ2v) is 6.97. The van der Waals surface area contributed by atoms with E-state index in [2.05, 4.69) is 20.4 Å². The summed E-state index contributed by atoms with van der Waals surface area (Å²) in [6.45, 7) is 2.48. The molecular formula is C22H18ClN5O. The van der Waals surface area contributed by atoms with Crippen LogP contribution in [0.3, 0.4) is 0 Å². The Morgan fingerprint density at radius 2 is 1.79 bits per heavy atom. The van der Waals surface area contributed by atoms with Crippen LogP contribution >= 0.6 is 11.6 Å². The van der Waals surface area contributed by atoms with E-state index in [-0.39, 0.29) is 5.91 Å². The topological polar surface area (TPSA) is 72.7 Å². The summed E-state index contributed by atoms with van der Waals surface area (Å²) in [5, 5.41) is 8.31. The number of nitrogens with one attached hydrogen (secondary N) is 1. The molecule has 0 fully saturated rings. The summed E-state index contributed by atoms with van der Waals surface area (Å²) in [4.78, 5) is 21.7. The number of rotatable bonds is 5. The van der Waals surface area contributed by atoms with Crippen molar-refractivity contribution in [3.8, 4) is 11.4 Å². The fraction of sp³-hybridized carbons (Fsp3) is 0.0909. The van der Waals surface area contributed by atoms with Crippen LogP contribution in [0.4, 0.5) is 5.95 Å². The fourth-order valence-electron chi connectivity index (χ4n) is 2.77. The van der Waals surface area contributed by atoms with Gasteiger partial charge in [0.25, 0.3) is 5.91 Å². The van der Waals surface area contributed by atoms with Crippen molar-refractivity contribution in [2.45, 2.75) is 13.5 Å². The number of halogens is 1. The van der Waals surface area contributed by atoms with Crippen molar-refractivity contribution >= 4 is 23.5 Å². The number of nitrogens with zero attached hydrogens (tertiary/aromatic N) is 4. The third kappa shape index (κ3) is 4.33. The summed E-state index contributed by atoms with van der Waals surface area (Å²) in [5.41, 5.74) is 3.27. The van der Waals surface area contributed by atoms with E-state index in [0.717, 1.165) is 16.7 Å². The molecule has 0 unspecified atom stereocenters. The Morgan fingerprint density at radius 3 is 2.48 bits per heavy atom. The SMILES string of the molecule is Cc1ccc(-c2nc(NCc3ccc(Cl)cc3)n(C(=O)c3ccccn3)n2)cc1. The second-order valence-electron chi connectivity index (χ2n) is 6.54. The zero-order chi connectivity index (χ0) is 20.2. The van der Waals surface area contributed by atoms with Crippen molar-refractivity contribution in [3.63, 3.8) is 0 Å². The van der Waals surface area contributed by atoms with Gasteiger partial charge < -0.3 is 5.32 Å². The molecule has 0 bridgehead atoms. The molecular weight excluding hydrogens is 386 g/mol. The molecule has 0 amide bonds. The normalized spacial score (nSPS) is 10.7. The molecule has 0 spiro atoms. The predicted octanol–water partition coefficient (Wildman–Crippen LogP) is 4.60. The minimum atomic E-state index is -0.352. The first-order chi connectivity index (χ1) is 14.1. The van der Waals surface area contributed by atoms with Crippen LogP contribution < -0.4 is 5.32 Å². The standard InChI is InChI=1S/C22H18ClN5O/c1-15-5-9-17(10-6-15)20-26-22(25-14-16-7-11-18(23)12-8-16)28(27-20)21(29)19-4-2-3-13-24-19/h2-13H,14H2,1H3,(H,25,26,27). The van der Waals surface area contributed by atoms with Gasteiger partial charge in [-0.3, -0.25) is 9.78 Å². The number of hydrogen-bond acceptors (Lipinski definition) is 5. The van der Waals surface area contributed by atoms with E-state index in [1.807, 2.05) is 55.5 Å². The molecule has 29 heavy (non-hydrogen) atoms. The van der Waals surface area contributed by atoms with Gasteiger partial charge in [-0.2, -0.15) is 9.67 Å². The van der Waals surface area contributed by atoms with E-state index in [4.69, 9.17) is 11.6 Å². The van der Waals surface area contributed by atoms with Crippen molar-refractivity contribution < 1.29 is 4.79 Å². The van der Waals surface area contributed by atoms with E-state index < -0.39 is 0 Å². The van der Waals surface area contributed by atoms with Gasteiger partial charge in [-0.05, 0) is 36.8 Å². The summed E-state index contributed by atoms with van der Waals surface area (Å²) < 4.78 is 1.26. The van der Waals surface area contributed by atoms with Gasteiger partial charge in [0.1, 0.15) is 5.69 Å². The van der Waals surface area contributed by atoms with Crippen molar-refractivity contribution in [1.29, 1.82) is 0 Å². The zero-order valence-corrected chi connectivity index (χ0v) is 16.5. The maximum Gasteiger partial charge on any atom is 0.299 e. The van der Waals surface area contributed by atoms with Gasteiger partial charge >= 0.3 is 0 Å². The van der Waals surface area contributed by atoms with Crippen LogP contribution in [-0.4, -0.2) is 25.7 Å². The lowest BCUT2D eigenvalue weighted by atomic mass is 10.1. The van der Waals surface area contributed by atoms with Crippen LogP contribution in [0.1, 0.15) is 21.6 Å². The maximum absolute atomic E-state index is 13.0. The Morgan fingerprint density at radius 1 is 1.03 bits per heavy atom. The highest BCUT2D eigenvalue weighted by Gasteiger charge is 2.19. The van der Waals surface area contributed by atoms with Crippen molar-refractivity contribution in [3.05, 3.63) is 94.8 Å². The van der Waals surface area contributed by atoms with Crippen molar-refractivity contribution in [2.24, 2.45) is 0 Å². The van der Waals surface area contributed by atoms with E-state index >= 15 is 0 Å². The molecule has 7 heteroatoms. The van der Waals surface area contributed by atoms with Crippen LogP contribution in [0.25, 0.3) is 11.4 Å². The number of benzene rings is 2. The summed E-state index contributed by atoms with van der Waals surface area (Å²) in [6.07, 6.45) is 1.58. The molecule has 0 aliphatic carbocycles. The number of pyridine rings is 1. The summed E-state index contributed by atoms with van der Waals surface area (Å²) in [5.74, 6) is 0.467. The second kappa shape index (κ2) is 8.24. The van der Waals surface area contributed by atoms with Crippen LogP contribution in [0.2, 0.25) is 5.02 Å². The first kappa shape index (κ1) is 18.8. The largest absolute Gasteiger partial charge is 0.350 e. The molecule has 0 atom stereocenters. The summed E-state index contributed by atoms with van der Waals surface area (Å²) >= 11 is 5.95. The molecule has 1 N–H and O–H groups in total. The lowest BCUT2D eigenvalue weighted by Crippen LogP contribution is -2.18. The smallest absolute Gasteiger partial charge is 0.299 e. The highest BCUT2D eigenvalue weighted by Crippen LogP contribution is 2.20. The number of carbonyl (C=O) groups is 1. The number of aryl methyl sites for hydroxylation is 1. The van der Waals surface area contributed by atoms with E-state index in [1.165, 1.54) is 4.68 Å². The first-order valence-corrected chi connectivity index (χ1v) is 9.46. The van der Waals surface area contributed by atoms with Gasteiger partial charge in [0.05, 0.1) is 0 Å². The van der Waals surface area contributed by atoms with Gasteiger partial charge in [-0.25, -0.2) is 0 Å². The predicted molar refractivity (Wildman–Crippen MR) is 113 cm³/mol. The zero-order valence-electron chi connectivity index (χ0n) is 15.7. The third-order valence-corrected chi connectivity index (χ3v) is 4.61. The fourth-order valence-corrected chi connectivity index (χ4v) is 2.90. The van der Waals surface area contributed by atoms with Crippen LogP contribution in [0, 0.1) is 6.92 Å². The van der Waals surface area contributed by atoms with E-state index in [1.54, 1.807) is 24.4 Å². The minimum absolute atomic E-state index is 0.294. The molecule has 2 aromatic carbocycles. The highest BCUT2D eigenvalue weighted by atomic mass is 35.5. The molecule has 0 aliphatic rings. The molecule has 0 saturated carbocycles. The van der Waals surface area contributed by atoms with Crippen LogP contribution in [0.5, 0.6) is 0 Å². The molecule has 4 aromatic rings. The molecule has 0 saturated heterocycles. The molecule has 0 aliphatic heterocycles. The third-order valence-electron chi connectivity index (χ3n) is 4.36. The number of hydrogen-bond donors (Lipinski definition) is 1. The van der Waals surface area contributed by atoms with E-state index in [9.17, 15) is 4.79 Å². The highest BCUT2D eigenvalue weighted by molar-refractivity contribution is 6.30. The van der Waals surface area contributed by atoms with Crippen molar-refractivity contribution in [1.82, 2.24) is 19.7 Å². The van der Waals surface area contributed by atoms with Gasteiger partial charge in [0.2, 0.25) is 5.95 Å². The van der Waals surface area contributed by atoms with Gasteiger partial charge in [0, 0.05) is 23.3 Å². The lowest BCUT2D eigenvalue weighted by molar-refractivity contribution is 0.0942. The van der Waals surface area contributed by atoms with Gasteiger partial charge in [-0.1, -0.05) is 59.6 Å². The van der Waals surface area contributed by atoms with E-state index in [0.29, 0.717) is 29.0 Å². The summed E-state index contributed by atoms with van der Waals surface area (Å²) in [6, 6.07) is 20.5. The average Bonchev–Trinajstić information content (AvgIpc) is 3.18. The quantitative estimate of drug-likeness (QED) is 0.527. The van der Waals surface area contributed by atoms with Crippen molar-refractivity contribution in [2.75, 3.05) is 5.32 Å². The monoisotopic (exact) mass is 403 g/mol. The molecule has 2 aromatic heterocycles. The Bertz CT molecular complexity index is 1120. The molecule has 144 valence electrons. The van der Waals surface area contributed by atoms with Gasteiger partial charge in [0.15, 0.2) is 5.82 Å². The Labute approximate surface area is 173 Å². The minimum Gasteiger partial charge on any atom is -0.350 e. The molecule has 4 rings (SSSR count). The number of anilines is 1. The average molecular weight is 404 g/mol. The molecule has 0 radical (unpaired) electrons. The van der Waals surface area contributed by atoms with Crippen LogP contribution in [-0.2, 0) is 6.54 Å². The molecule has 2 heterocycles. The van der Waals surface area contributed by atoms with Crippen LogP contribution in [0.15, 0.2) is 72.9 Å². The maximum atomic E-state index is 13.0.